The highest BCUT2D eigenvalue weighted by Gasteiger charge is 2.45. The van der Waals surface area contributed by atoms with Crippen molar-refractivity contribution in [2.24, 2.45) is 15.2 Å². The van der Waals surface area contributed by atoms with Crippen molar-refractivity contribution in [2.45, 2.75) is 32.3 Å². The molecule has 0 amide bonds. The number of nitrogens with one attached hydrogen (secondary N) is 1. The highest BCUT2D eigenvalue weighted by Crippen LogP contribution is 2.35. The smallest absolute Gasteiger partial charge is 0.399 e. The molecule has 2 N–H and O–H groups in total. The maximum absolute atomic E-state index is 11.1. The van der Waals surface area contributed by atoms with E-state index in [1.807, 2.05) is 56.3 Å². The third kappa shape index (κ3) is 4.00. The highest BCUT2D eigenvalue weighted by molar-refractivity contribution is 6.11. The molecule has 3 atom stereocenters. The number of allylic oxidation sites excluding steroid dienone is 1. The fourth-order valence-corrected chi connectivity index (χ4v) is 4.09. The SMILES string of the molecule is Cc1ccc(C2=CC(c3ccc([N+](=O)[O-])o3)=NC3C(N=Nc4ccccc4)C(O)NN23)c(C)c1. The first-order chi connectivity index (χ1) is 16.4. The monoisotopic (exact) mass is 458 g/mol. The molecule has 1 fully saturated rings. The maximum atomic E-state index is 11.1. The molecule has 2 aliphatic rings. The molecule has 34 heavy (non-hydrogen) atoms. The summed E-state index contributed by atoms with van der Waals surface area (Å²) in [6.07, 6.45) is 0.0932. The summed E-state index contributed by atoms with van der Waals surface area (Å²) in [5.41, 5.74) is 7.93. The number of benzene rings is 2. The zero-order valence-corrected chi connectivity index (χ0v) is 18.5. The van der Waals surface area contributed by atoms with E-state index in [2.05, 4.69) is 21.7 Å². The van der Waals surface area contributed by atoms with Gasteiger partial charge in [-0.2, -0.15) is 10.2 Å². The lowest BCUT2D eigenvalue weighted by Gasteiger charge is -2.31. The molecule has 0 radical (unpaired) electrons. The Balaban J connectivity index is 1.58. The Kier molecular flexibility index (Phi) is 5.52. The van der Waals surface area contributed by atoms with Gasteiger partial charge in [0.25, 0.3) is 0 Å². The van der Waals surface area contributed by atoms with E-state index in [1.54, 1.807) is 11.1 Å². The number of hydrogen-bond donors (Lipinski definition) is 2. The van der Waals surface area contributed by atoms with Crippen LogP contribution in [0.5, 0.6) is 0 Å². The van der Waals surface area contributed by atoms with E-state index in [-0.39, 0.29) is 11.6 Å². The fraction of sp³-hybridized carbons (Fsp3) is 0.208. The van der Waals surface area contributed by atoms with Crippen LogP contribution in [0.25, 0.3) is 5.70 Å². The minimum Gasteiger partial charge on any atom is -0.399 e. The Hall–Kier alpha value is -4.15. The van der Waals surface area contributed by atoms with E-state index in [9.17, 15) is 15.2 Å². The Morgan fingerprint density at radius 1 is 1.15 bits per heavy atom. The number of hydrogen-bond acceptors (Lipinski definition) is 9. The summed E-state index contributed by atoms with van der Waals surface area (Å²) in [5, 5.41) is 32.4. The Bertz CT molecular complexity index is 1330. The normalized spacial score (nSPS) is 22.0. The van der Waals surface area contributed by atoms with Crippen molar-refractivity contribution in [1.29, 1.82) is 0 Å². The summed E-state index contributed by atoms with van der Waals surface area (Å²) in [6, 6.07) is 17.4. The second kappa shape index (κ2) is 8.65. The van der Waals surface area contributed by atoms with Crippen molar-refractivity contribution in [2.75, 3.05) is 0 Å². The summed E-state index contributed by atoms with van der Waals surface area (Å²) >= 11 is 0. The van der Waals surface area contributed by atoms with E-state index in [0.29, 0.717) is 11.4 Å². The molecule has 1 aromatic heterocycles. The van der Waals surface area contributed by atoms with Gasteiger partial charge in [0.2, 0.25) is 0 Å². The molecule has 3 heterocycles. The van der Waals surface area contributed by atoms with Crippen molar-refractivity contribution in [1.82, 2.24) is 10.4 Å². The maximum Gasteiger partial charge on any atom is 0.433 e. The van der Waals surface area contributed by atoms with Crippen LogP contribution < -0.4 is 5.43 Å². The lowest BCUT2D eigenvalue weighted by molar-refractivity contribution is -0.402. The van der Waals surface area contributed by atoms with Crippen molar-refractivity contribution < 1.29 is 14.4 Å². The van der Waals surface area contributed by atoms with Crippen molar-refractivity contribution in [3.8, 4) is 0 Å². The number of nitrogens with zero attached hydrogens (tertiary/aromatic N) is 5. The molecule has 0 saturated carbocycles. The Morgan fingerprint density at radius 2 is 1.94 bits per heavy atom. The summed E-state index contributed by atoms with van der Waals surface area (Å²) in [5.74, 6) is -0.111. The number of nitro groups is 1. The average molecular weight is 458 g/mol. The summed E-state index contributed by atoms with van der Waals surface area (Å²) in [7, 11) is 0. The molecular formula is C24H22N6O4. The molecule has 3 unspecified atom stereocenters. The standard InChI is InChI=1S/C24H22N6O4/c1-14-8-9-17(15(2)12-14)19-13-18(20-10-11-21(34-20)30(32)33)25-23-22(24(31)28-29(19)23)27-26-16-6-4-3-5-7-16/h3-13,22-24,28,31H,1-2H3. The van der Waals surface area contributed by atoms with Crippen LogP contribution in [0.2, 0.25) is 0 Å². The molecule has 2 aliphatic heterocycles. The first-order valence-corrected chi connectivity index (χ1v) is 10.7. The van der Waals surface area contributed by atoms with Crippen molar-refractivity contribution in [3.63, 3.8) is 0 Å². The number of aryl methyl sites for hydroxylation is 2. The van der Waals surface area contributed by atoms with Gasteiger partial charge in [0.1, 0.15) is 16.9 Å². The van der Waals surface area contributed by atoms with Crippen molar-refractivity contribution >= 4 is 23.0 Å². The van der Waals surface area contributed by atoms with Gasteiger partial charge in [0.05, 0.1) is 17.5 Å². The van der Waals surface area contributed by atoms with Gasteiger partial charge >= 0.3 is 5.88 Å². The molecule has 5 rings (SSSR count). The molecule has 2 aromatic carbocycles. The third-order valence-corrected chi connectivity index (χ3v) is 5.71. The van der Waals surface area contributed by atoms with Crippen LogP contribution in [-0.2, 0) is 0 Å². The number of rotatable bonds is 5. The number of aliphatic imine (C=N–C) groups is 1. The number of furan rings is 1. The molecule has 0 aliphatic carbocycles. The quantitative estimate of drug-likeness (QED) is 0.334. The van der Waals surface area contributed by atoms with Crippen LogP contribution in [0.15, 0.2) is 86.4 Å². The molecule has 10 nitrogen and oxygen atoms in total. The second-order valence-electron chi connectivity index (χ2n) is 8.16. The molecule has 172 valence electrons. The number of aliphatic hydroxyl groups excluding tert-OH is 1. The first kappa shape index (κ1) is 21.7. The predicted octanol–water partition coefficient (Wildman–Crippen LogP) is 4.27. The predicted molar refractivity (Wildman–Crippen MR) is 125 cm³/mol. The number of azo groups is 1. The van der Waals surface area contributed by atoms with Gasteiger partial charge < -0.3 is 9.52 Å². The minimum absolute atomic E-state index is 0.258. The summed E-state index contributed by atoms with van der Waals surface area (Å²) < 4.78 is 5.43. The van der Waals surface area contributed by atoms with Gasteiger partial charge in [-0.1, -0.05) is 42.0 Å². The van der Waals surface area contributed by atoms with Gasteiger partial charge in [-0.05, 0) is 43.7 Å². The largest absolute Gasteiger partial charge is 0.433 e. The van der Waals surface area contributed by atoms with Crippen LogP contribution in [0.3, 0.4) is 0 Å². The lowest BCUT2D eigenvalue weighted by atomic mass is 10.00. The highest BCUT2D eigenvalue weighted by atomic mass is 16.6. The topological polar surface area (TPSA) is 129 Å². The van der Waals surface area contributed by atoms with Gasteiger partial charge in [-0.25, -0.2) is 5.43 Å². The van der Waals surface area contributed by atoms with Crippen LogP contribution in [-0.4, -0.2) is 39.2 Å². The van der Waals surface area contributed by atoms with E-state index in [0.717, 1.165) is 22.4 Å². The van der Waals surface area contributed by atoms with Crippen LogP contribution >= 0.6 is 0 Å². The first-order valence-electron chi connectivity index (χ1n) is 10.7. The minimum atomic E-state index is -1.04. The fourth-order valence-electron chi connectivity index (χ4n) is 4.09. The lowest BCUT2D eigenvalue weighted by Crippen LogP contribution is -2.40. The molecule has 0 spiro atoms. The van der Waals surface area contributed by atoms with Crippen molar-refractivity contribution in [3.05, 3.63) is 99.3 Å². The average Bonchev–Trinajstić information content (AvgIpc) is 3.43. The molecule has 3 aromatic rings. The zero-order valence-electron chi connectivity index (χ0n) is 18.5. The van der Waals surface area contributed by atoms with Crippen LogP contribution in [0, 0.1) is 24.0 Å². The van der Waals surface area contributed by atoms with E-state index >= 15 is 0 Å². The number of hydrazine groups is 1. The van der Waals surface area contributed by atoms with Gasteiger partial charge in [-0.15, -0.1) is 0 Å². The number of aliphatic hydroxyl groups is 1. The summed E-state index contributed by atoms with van der Waals surface area (Å²) in [6.45, 7) is 4.02. The molecule has 1 saturated heterocycles. The van der Waals surface area contributed by atoms with Crippen LogP contribution in [0.1, 0.15) is 22.5 Å². The Labute approximate surface area is 195 Å². The Morgan fingerprint density at radius 3 is 2.65 bits per heavy atom. The van der Waals surface area contributed by atoms with E-state index < -0.39 is 23.4 Å². The van der Waals surface area contributed by atoms with Gasteiger partial charge in [-0.3, -0.25) is 20.1 Å². The second-order valence-corrected chi connectivity index (χ2v) is 8.16. The van der Waals surface area contributed by atoms with Crippen LogP contribution in [0.4, 0.5) is 11.6 Å². The van der Waals surface area contributed by atoms with Gasteiger partial charge in [0.15, 0.2) is 18.0 Å². The van der Waals surface area contributed by atoms with E-state index in [4.69, 9.17) is 9.41 Å². The number of fused-ring (bicyclic) bond motifs is 1. The molecular weight excluding hydrogens is 436 g/mol. The third-order valence-electron chi connectivity index (χ3n) is 5.71. The molecule has 0 bridgehead atoms. The summed E-state index contributed by atoms with van der Waals surface area (Å²) in [4.78, 5) is 15.3. The molecule has 10 heteroatoms. The van der Waals surface area contributed by atoms with Gasteiger partial charge in [0, 0.05) is 5.56 Å². The van der Waals surface area contributed by atoms with E-state index in [1.165, 1.54) is 12.1 Å². The zero-order chi connectivity index (χ0) is 23.8.